The first kappa shape index (κ1) is 21.6. The van der Waals surface area contributed by atoms with E-state index in [0.717, 1.165) is 5.56 Å². The Balaban J connectivity index is 1.67. The molecule has 0 atom stereocenters. The third-order valence-corrected chi connectivity index (χ3v) is 4.25. The molecule has 1 amide bonds. The molecule has 0 heterocycles. The van der Waals surface area contributed by atoms with Crippen molar-refractivity contribution in [2.45, 2.75) is 13.5 Å². The molecule has 0 saturated carbocycles. The van der Waals surface area contributed by atoms with Gasteiger partial charge < -0.3 is 19.5 Å². The molecule has 0 spiro atoms. The predicted octanol–water partition coefficient (Wildman–Crippen LogP) is 4.85. The minimum absolute atomic E-state index is 0.289. The van der Waals surface area contributed by atoms with Crippen LogP contribution >= 0.6 is 0 Å². The van der Waals surface area contributed by atoms with E-state index < -0.39 is 5.97 Å². The van der Waals surface area contributed by atoms with Gasteiger partial charge in [0.25, 0.3) is 0 Å². The van der Waals surface area contributed by atoms with Crippen LogP contribution in [0.1, 0.15) is 18.1 Å². The minimum atomic E-state index is -0.454. The second-order valence-electron chi connectivity index (χ2n) is 6.60. The third kappa shape index (κ3) is 6.47. The predicted molar refractivity (Wildman–Crippen MR) is 119 cm³/mol. The first-order valence-corrected chi connectivity index (χ1v) is 9.66. The zero-order valence-electron chi connectivity index (χ0n) is 17.3. The molecule has 1 N–H and O–H groups in total. The van der Waals surface area contributed by atoms with Crippen molar-refractivity contribution in [2.24, 2.45) is 0 Å². The van der Waals surface area contributed by atoms with Crippen molar-refractivity contribution < 1.29 is 23.8 Å². The molecule has 0 fully saturated rings. The highest BCUT2D eigenvalue weighted by Crippen LogP contribution is 2.29. The standard InChI is InChI=1S/C25H23NO5/c1-18(27)31-24-16-19(12-14-23(24)29-2)13-15-25(28)26-21-10-6-7-11-22(21)30-17-20-8-4-3-5-9-20/h3-16H,17H2,1-2H3,(H,26,28). The Morgan fingerprint density at radius 1 is 0.903 bits per heavy atom. The summed E-state index contributed by atoms with van der Waals surface area (Å²) in [5, 5.41) is 2.83. The Bertz CT molecular complexity index is 1080. The molecule has 3 aromatic carbocycles. The monoisotopic (exact) mass is 417 g/mol. The summed E-state index contributed by atoms with van der Waals surface area (Å²) in [6.07, 6.45) is 3.02. The highest BCUT2D eigenvalue weighted by molar-refractivity contribution is 6.02. The fourth-order valence-corrected chi connectivity index (χ4v) is 2.81. The van der Waals surface area contributed by atoms with E-state index in [1.807, 2.05) is 42.5 Å². The summed E-state index contributed by atoms with van der Waals surface area (Å²) < 4.78 is 16.2. The Hall–Kier alpha value is -4.06. The molecule has 0 aliphatic heterocycles. The minimum Gasteiger partial charge on any atom is -0.493 e. The topological polar surface area (TPSA) is 73.9 Å². The molecule has 3 aromatic rings. The number of rotatable bonds is 8. The Morgan fingerprint density at radius 2 is 1.65 bits per heavy atom. The average Bonchev–Trinajstić information content (AvgIpc) is 2.77. The lowest BCUT2D eigenvalue weighted by molar-refractivity contribution is -0.132. The molecule has 0 aliphatic carbocycles. The van der Waals surface area contributed by atoms with Crippen molar-refractivity contribution in [1.82, 2.24) is 0 Å². The SMILES string of the molecule is COc1ccc(C=CC(=O)Nc2ccccc2OCc2ccccc2)cc1OC(C)=O. The number of para-hydroxylation sites is 2. The molecule has 0 aliphatic rings. The van der Waals surface area contributed by atoms with E-state index in [0.29, 0.717) is 29.4 Å². The van der Waals surface area contributed by atoms with Gasteiger partial charge in [-0.2, -0.15) is 0 Å². The molecular weight excluding hydrogens is 394 g/mol. The van der Waals surface area contributed by atoms with Crippen LogP contribution in [0.2, 0.25) is 0 Å². The van der Waals surface area contributed by atoms with Crippen LogP contribution in [-0.2, 0) is 16.2 Å². The largest absolute Gasteiger partial charge is 0.493 e. The Kier molecular flexibility index (Phi) is 7.43. The van der Waals surface area contributed by atoms with E-state index in [1.165, 1.54) is 20.1 Å². The summed E-state index contributed by atoms with van der Waals surface area (Å²) in [6, 6.07) is 22.1. The van der Waals surface area contributed by atoms with Crippen LogP contribution in [0.3, 0.4) is 0 Å². The van der Waals surface area contributed by atoms with Gasteiger partial charge in [0.1, 0.15) is 12.4 Å². The van der Waals surface area contributed by atoms with Crippen molar-refractivity contribution in [3.8, 4) is 17.2 Å². The number of benzene rings is 3. The number of hydrogen-bond donors (Lipinski definition) is 1. The molecule has 0 aromatic heterocycles. The van der Waals surface area contributed by atoms with Crippen LogP contribution in [0.15, 0.2) is 78.9 Å². The van der Waals surface area contributed by atoms with E-state index in [9.17, 15) is 9.59 Å². The molecule has 6 nitrogen and oxygen atoms in total. The number of anilines is 1. The van der Waals surface area contributed by atoms with Crippen molar-refractivity contribution in [3.05, 3.63) is 90.0 Å². The van der Waals surface area contributed by atoms with E-state index in [4.69, 9.17) is 14.2 Å². The quantitative estimate of drug-likeness (QED) is 0.322. The zero-order chi connectivity index (χ0) is 22.1. The summed E-state index contributed by atoms with van der Waals surface area (Å²) in [5.74, 6) is 0.526. The molecule has 6 heteroatoms. The van der Waals surface area contributed by atoms with Gasteiger partial charge in [0, 0.05) is 13.0 Å². The summed E-state index contributed by atoms with van der Waals surface area (Å²) in [6.45, 7) is 1.71. The third-order valence-electron chi connectivity index (χ3n) is 4.25. The maximum atomic E-state index is 12.4. The molecule has 0 saturated heterocycles. The molecule has 158 valence electrons. The maximum absolute atomic E-state index is 12.4. The Morgan fingerprint density at radius 3 is 2.39 bits per heavy atom. The maximum Gasteiger partial charge on any atom is 0.308 e. The number of hydrogen-bond acceptors (Lipinski definition) is 5. The highest BCUT2D eigenvalue weighted by atomic mass is 16.6. The normalized spacial score (nSPS) is 10.5. The number of methoxy groups -OCH3 is 1. The number of esters is 1. The van der Waals surface area contributed by atoms with E-state index >= 15 is 0 Å². The second kappa shape index (κ2) is 10.6. The lowest BCUT2D eigenvalue weighted by Gasteiger charge is -2.11. The number of carbonyl (C=O) groups is 2. The summed E-state index contributed by atoms with van der Waals surface area (Å²) >= 11 is 0. The van der Waals surface area contributed by atoms with Crippen LogP contribution in [0.4, 0.5) is 5.69 Å². The molecule has 3 rings (SSSR count). The van der Waals surface area contributed by atoms with E-state index in [2.05, 4.69) is 5.32 Å². The summed E-state index contributed by atoms with van der Waals surface area (Å²) in [7, 11) is 1.49. The lowest BCUT2D eigenvalue weighted by atomic mass is 10.2. The van der Waals surface area contributed by atoms with Crippen molar-refractivity contribution in [3.63, 3.8) is 0 Å². The number of carbonyl (C=O) groups excluding carboxylic acids is 2. The molecule has 0 unspecified atom stereocenters. The first-order valence-electron chi connectivity index (χ1n) is 9.66. The fourth-order valence-electron chi connectivity index (χ4n) is 2.81. The lowest BCUT2D eigenvalue weighted by Crippen LogP contribution is -2.09. The van der Waals surface area contributed by atoms with Crippen molar-refractivity contribution in [1.29, 1.82) is 0 Å². The van der Waals surface area contributed by atoms with Gasteiger partial charge in [-0.1, -0.05) is 48.5 Å². The molecule has 0 radical (unpaired) electrons. The fraction of sp³-hybridized carbons (Fsp3) is 0.120. The van der Waals surface area contributed by atoms with Gasteiger partial charge in [-0.15, -0.1) is 0 Å². The van der Waals surface area contributed by atoms with Crippen LogP contribution in [0.5, 0.6) is 17.2 Å². The van der Waals surface area contributed by atoms with E-state index in [-0.39, 0.29) is 11.7 Å². The van der Waals surface area contributed by atoms with Crippen molar-refractivity contribution in [2.75, 3.05) is 12.4 Å². The number of nitrogens with one attached hydrogen (secondary N) is 1. The second-order valence-corrected chi connectivity index (χ2v) is 6.60. The smallest absolute Gasteiger partial charge is 0.308 e. The van der Waals surface area contributed by atoms with Gasteiger partial charge in [-0.05, 0) is 41.5 Å². The van der Waals surface area contributed by atoms with Gasteiger partial charge in [-0.25, -0.2) is 0 Å². The van der Waals surface area contributed by atoms with Crippen LogP contribution in [0, 0.1) is 0 Å². The van der Waals surface area contributed by atoms with Gasteiger partial charge in [0.15, 0.2) is 11.5 Å². The Labute approximate surface area is 181 Å². The van der Waals surface area contributed by atoms with Crippen LogP contribution < -0.4 is 19.5 Å². The van der Waals surface area contributed by atoms with Crippen LogP contribution in [-0.4, -0.2) is 19.0 Å². The molecule has 0 bridgehead atoms. The van der Waals surface area contributed by atoms with Gasteiger partial charge >= 0.3 is 5.97 Å². The summed E-state index contributed by atoms with van der Waals surface area (Å²) in [4.78, 5) is 23.7. The van der Waals surface area contributed by atoms with Gasteiger partial charge in [0.2, 0.25) is 5.91 Å². The van der Waals surface area contributed by atoms with E-state index in [1.54, 1.807) is 36.4 Å². The van der Waals surface area contributed by atoms with Crippen molar-refractivity contribution >= 4 is 23.6 Å². The van der Waals surface area contributed by atoms with Gasteiger partial charge in [-0.3, -0.25) is 9.59 Å². The number of amides is 1. The van der Waals surface area contributed by atoms with Gasteiger partial charge in [0.05, 0.1) is 12.8 Å². The number of ether oxygens (including phenoxy) is 3. The summed E-state index contributed by atoms with van der Waals surface area (Å²) in [5.41, 5.74) is 2.29. The highest BCUT2D eigenvalue weighted by Gasteiger charge is 2.09. The molecular formula is C25H23NO5. The molecule has 31 heavy (non-hydrogen) atoms. The first-order chi connectivity index (χ1) is 15.0. The zero-order valence-corrected chi connectivity index (χ0v) is 17.3. The average molecular weight is 417 g/mol. The van der Waals surface area contributed by atoms with Crippen LogP contribution in [0.25, 0.3) is 6.08 Å².